The first-order valence-corrected chi connectivity index (χ1v) is 10.3. The average Bonchev–Trinajstić information content (AvgIpc) is 2.72. The van der Waals surface area contributed by atoms with Crippen LogP contribution in [0.5, 0.6) is 0 Å². The van der Waals surface area contributed by atoms with Gasteiger partial charge in [0.1, 0.15) is 6.61 Å². The Kier molecular flexibility index (Phi) is 9.00. The maximum absolute atomic E-state index is 6.09. The Morgan fingerprint density at radius 2 is 1.77 bits per heavy atom. The van der Waals surface area contributed by atoms with E-state index >= 15 is 0 Å². The summed E-state index contributed by atoms with van der Waals surface area (Å²) in [5, 5.41) is 0.765. The van der Waals surface area contributed by atoms with E-state index in [0.717, 1.165) is 23.7 Å². The van der Waals surface area contributed by atoms with Crippen LogP contribution in [-0.4, -0.2) is 39.2 Å². The smallest absolute Gasteiger partial charge is 0.289 e. The molecule has 0 saturated heterocycles. The number of hydrogen-bond donors (Lipinski definition) is 0. The lowest BCUT2D eigenvalue weighted by Crippen LogP contribution is -3.00. The van der Waals surface area contributed by atoms with E-state index in [0.29, 0.717) is 6.61 Å². The lowest BCUT2D eigenvalue weighted by molar-refractivity contribution is -0.00000675. The lowest BCUT2D eigenvalue weighted by Gasteiger charge is -2.31. The molecule has 164 valence electrons. The minimum absolute atomic E-state index is 0. The molecule has 2 aromatic carbocycles. The van der Waals surface area contributed by atoms with E-state index < -0.39 is 0 Å². The molecule has 0 amide bonds. The van der Waals surface area contributed by atoms with Gasteiger partial charge in [0.15, 0.2) is 11.3 Å². The van der Waals surface area contributed by atoms with Crippen LogP contribution in [0.1, 0.15) is 17.0 Å². The first-order chi connectivity index (χ1) is 14.0. The van der Waals surface area contributed by atoms with Crippen molar-refractivity contribution in [2.24, 2.45) is 0 Å². The summed E-state index contributed by atoms with van der Waals surface area (Å²) in [6, 6.07) is 16.8. The van der Waals surface area contributed by atoms with Crippen LogP contribution < -0.4 is 17.3 Å². The Balaban J connectivity index is 0.00000171. The topological polar surface area (TPSA) is 15.7 Å². The zero-order valence-corrected chi connectivity index (χ0v) is 20.3. The summed E-state index contributed by atoms with van der Waals surface area (Å²) in [5.74, 6) is 1.02. The molecule has 1 heterocycles. The van der Waals surface area contributed by atoms with Crippen LogP contribution >= 0.6 is 24.0 Å². The number of fused-ring (bicyclic) bond motifs is 1. The molecule has 6 heteroatoms. The largest absolute Gasteiger partial charge is 1.00 e. The summed E-state index contributed by atoms with van der Waals surface area (Å²) in [4.78, 5) is 4.37. The monoisotopic (exact) mass is 476 g/mol. The first kappa shape index (κ1) is 25.3. The second kappa shape index (κ2) is 11.0. The molecule has 0 bridgehead atoms. The zero-order valence-electron chi connectivity index (χ0n) is 17.9. The average molecular weight is 478 g/mol. The third-order valence-corrected chi connectivity index (χ3v) is 5.71. The predicted octanol–water partition coefficient (Wildman–Crippen LogP) is 2.63. The highest BCUT2D eigenvalue weighted by molar-refractivity contribution is 6.30. The van der Waals surface area contributed by atoms with E-state index in [9.17, 15) is 0 Å². The van der Waals surface area contributed by atoms with Crippen molar-refractivity contribution in [3.8, 4) is 0 Å². The van der Waals surface area contributed by atoms with E-state index in [-0.39, 0.29) is 30.7 Å². The van der Waals surface area contributed by atoms with Crippen molar-refractivity contribution >= 4 is 29.7 Å². The number of ether oxygens (including phenoxy) is 1. The van der Waals surface area contributed by atoms with E-state index in [1.54, 1.807) is 0 Å². The minimum atomic E-state index is 0. The van der Waals surface area contributed by atoms with Gasteiger partial charge in [0.05, 0.1) is 29.8 Å². The van der Waals surface area contributed by atoms with Crippen molar-refractivity contribution in [2.75, 3.05) is 39.2 Å². The summed E-state index contributed by atoms with van der Waals surface area (Å²) in [7, 11) is 6.22. The molecule has 0 spiro atoms. The molecule has 4 rings (SSSR count). The van der Waals surface area contributed by atoms with Crippen LogP contribution in [0.2, 0.25) is 5.02 Å². The number of nitrogens with zero attached hydrogens (tertiary/aromatic N) is 2. The van der Waals surface area contributed by atoms with Crippen LogP contribution in [0, 0.1) is 6.08 Å². The molecule has 0 saturated carbocycles. The zero-order chi connectivity index (χ0) is 20.4. The second-order valence-corrected chi connectivity index (χ2v) is 8.21. The summed E-state index contributed by atoms with van der Waals surface area (Å²) >= 11 is 6.09. The normalized spacial score (nSPS) is 16.5. The van der Waals surface area contributed by atoms with E-state index in [1.807, 2.05) is 32.3 Å². The van der Waals surface area contributed by atoms with Gasteiger partial charge >= 0.3 is 0 Å². The maximum atomic E-state index is 6.09. The predicted molar refractivity (Wildman–Crippen MR) is 127 cm³/mol. The quantitative estimate of drug-likeness (QED) is 0.595. The molecule has 0 radical (unpaired) electrons. The van der Waals surface area contributed by atoms with Crippen molar-refractivity contribution < 1.29 is 17.1 Å². The van der Waals surface area contributed by atoms with Crippen LogP contribution in [0.4, 0.5) is 5.69 Å². The Bertz CT molecular complexity index is 981. The summed E-state index contributed by atoms with van der Waals surface area (Å²) in [6.07, 6.45) is 8.66. The Labute approximate surface area is 202 Å². The van der Waals surface area contributed by atoms with Crippen molar-refractivity contribution in [2.45, 2.75) is 12.3 Å². The number of allylic oxidation sites excluding steroid dienone is 4. The lowest BCUT2D eigenvalue weighted by atomic mass is 9.79. The molecule has 2 aliphatic rings. The van der Waals surface area contributed by atoms with Gasteiger partial charge in [0, 0.05) is 18.6 Å². The molecule has 0 N–H and O–H groups in total. The van der Waals surface area contributed by atoms with Crippen LogP contribution in [0.25, 0.3) is 0 Å². The number of rotatable bonds is 6. The van der Waals surface area contributed by atoms with Gasteiger partial charge < -0.3 is 22.0 Å². The number of likely N-dealkylation sites (N-methyl/N-ethyl adjacent to an activating group) is 2. The van der Waals surface area contributed by atoms with Gasteiger partial charge in [-0.3, -0.25) is 4.90 Å². The first-order valence-electron chi connectivity index (χ1n) is 9.94. The second-order valence-electron chi connectivity index (χ2n) is 7.77. The van der Waals surface area contributed by atoms with Crippen LogP contribution in [0.3, 0.4) is 0 Å². The Morgan fingerprint density at radius 1 is 1.06 bits per heavy atom. The highest BCUT2D eigenvalue weighted by atomic mass is 35.5. The van der Waals surface area contributed by atoms with E-state index in [1.165, 1.54) is 28.1 Å². The van der Waals surface area contributed by atoms with Crippen molar-refractivity contribution in [3.05, 3.63) is 99.9 Å². The van der Waals surface area contributed by atoms with Gasteiger partial charge in [-0.1, -0.05) is 41.9 Å². The van der Waals surface area contributed by atoms with Gasteiger partial charge in [-0.25, -0.2) is 0 Å². The fraction of sp³-hybridized carbons (Fsp3) is 0.280. The molecule has 31 heavy (non-hydrogen) atoms. The molecule has 1 aliphatic heterocycles. The van der Waals surface area contributed by atoms with Gasteiger partial charge in [0.2, 0.25) is 0 Å². The molecule has 1 unspecified atom stereocenters. The Morgan fingerprint density at radius 3 is 2.48 bits per heavy atom. The maximum Gasteiger partial charge on any atom is 0.289 e. The number of para-hydroxylation sites is 1. The number of anilines is 1. The van der Waals surface area contributed by atoms with Crippen molar-refractivity contribution in [1.82, 2.24) is 4.90 Å². The van der Waals surface area contributed by atoms with Gasteiger partial charge in [-0.15, -0.1) is 12.4 Å². The number of benzene rings is 2. The third kappa shape index (κ3) is 5.63. The number of halogens is 3. The highest BCUT2D eigenvalue weighted by Crippen LogP contribution is 2.44. The number of hydrogen-bond acceptors (Lipinski definition) is 3. The molecule has 3 nitrogen and oxygen atoms in total. The van der Waals surface area contributed by atoms with E-state index in [4.69, 9.17) is 16.3 Å². The summed E-state index contributed by atoms with van der Waals surface area (Å²) < 4.78 is 5.99. The molecule has 0 aromatic heterocycles. The van der Waals surface area contributed by atoms with Crippen LogP contribution in [0.15, 0.2) is 77.7 Å². The van der Waals surface area contributed by atoms with Gasteiger partial charge in [-0.05, 0) is 49.8 Å². The summed E-state index contributed by atoms with van der Waals surface area (Å²) in [6.45, 7) is 1.53. The molecule has 1 atom stereocenters. The summed E-state index contributed by atoms with van der Waals surface area (Å²) in [5.41, 5.74) is 6.19. The van der Waals surface area contributed by atoms with Crippen LogP contribution in [-0.2, 0) is 11.2 Å². The van der Waals surface area contributed by atoms with Gasteiger partial charge in [-0.2, -0.15) is 0 Å². The molecular formula is C25H27Cl3N2O. The fourth-order valence-corrected chi connectivity index (χ4v) is 4.03. The fourth-order valence-electron chi connectivity index (χ4n) is 3.90. The molecule has 0 fully saturated rings. The van der Waals surface area contributed by atoms with Crippen molar-refractivity contribution in [1.29, 1.82) is 0 Å². The molecule has 1 aliphatic carbocycles. The standard InChI is InChI=1S/C25H26ClN2O.2ClH/c1-27(2)14-15-29-20-12-13-25-23(17-20)22(16-18-8-10-19(26)11-9-18)21-6-4-5-7-24(21)28(25)3;;/h4-13,22H,14-16H2,1-3H3;2*1H/q+1;;/p-1. The Hall–Kier alpha value is -2.00. The third-order valence-electron chi connectivity index (χ3n) is 5.46. The van der Waals surface area contributed by atoms with Gasteiger partial charge in [0.25, 0.3) is 5.76 Å². The van der Waals surface area contributed by atoms with E-state index in [2.05, 4.69) is 65.4 Å². The minimum Gasteiger partial charge on any atom is -1.00 e. The molecular weight excluding hydrogens is 451 g/mol. The molecule has 2 aromatic rings. The SMILES string of the molecule is CN(C)CCOC1=[C+]C2=C(C=C1)N(C)c1ccccc1C2Cc1ccc(Cl)cc1.Cl.[Cl-]. The highest BCUT2D eigenvalue weighted by Gasteiger charge is 2.37. The van der Waals surface area contributed by atoms with Crippen molar-refractivity contribution in [3.63, 3.8) is 0 Å².